The van der Waals surface area contributed by atoms with Crippen LogP contribution in [-0.2, 0) is 0 Å². The van der Waals surface area contributed by atoms with Crippen molar-refractivity contribution < 1.29 is 0 Å². The summed E-state index contributed by atoms with van der Waals surface area (Å²) in [6.45, 7) is 1.95. The second-order valence-corrected chi connectivity index (χ2v) is 4.93. The Balaban J connectivity index is 2.00. The lowest BCUT2D eigenvalue weighted by Crippen LogP contribution is -1.97. The highest BCUT2D eigenvalue weighted by Crippen LogP contribution is 2.40. The van der Waals surface area contributed by atoms with Crippen molar-refractivity contribution in [2.24, 2.45) is 0 Å². The largest absolute Gasteiger partial charge is 0.274 e. The van der Waals surface area contributed by atoms with E-state index in [0.29, 0.717) is 0 Å². The molecule has 2 aromatic rings. The van der Waals surface area contributed by atoms with Gasteiger partial charge in [-0.15, -0.1) is 10.2 Å². The van der Waals surface area contributed by atoms with Crippen LogP contribution >= 0.6 is 15.9 Å². The van der Waals surface area contributed by atoms with E-state index in [2.05, 4.69) is 50.4 Å². The Bertz CT molecular complexity index is 492. The highest BCUT2D eigenvalue weighted by Gasteiger charge is 2.23. The van der Waals surface area contributed by atoms with Crippen LogP contribution in [0.2, 0.25) is 0 Å². The minimum Gasteiger partial charge on any atom is -0.274 e. The van der Waals surface area contributed by atoms with Crippen molar-refractivity contribution in [3.8, 4) is 5.69 Å². The molecule has 1 fully saturated rings. The van der Waals surface area contributed by atoms with E-state index in [9.17, 15) is 0 Å². The summed E-state index contributed by atoms with van der Waals surface area (Å²) >= 11 is 3.40. The molecule has 0 saturated heterocycles. The zero-order chi connectivity index (χ0) is 11.1. The molecule has 0 N–H and O–H groups in total. The first-order valence-electron chi connectivity index (χ1n) is 5.43. The Morgan fingerprint density at radius 1 is 1.19 bits per heavy atom. The average Bonchev–Trinajstić information content (AvgIpc) is 3.07. The maximum atomic E-state index is 4.03. The molecular formula is C12H12BrN3. The number of hydrogen-bond donors (Lipinski definition) is 0. The average molecular weight is 278 g/mol. The Labute approximate surface area is 103 Å². The summed E-state index contributed by atoms with van der Waals surface area (Å²) in [5.74, 6) is 1.70. The molecule has 16 heavy (non-hydrogen) atoms. The highest BCUT2D eigenvalue weighted by molar-refractivity contribution is 9.10. The maximum Gasteiger partial charge on any atom is 0.204 e. The second kappa shape index (κ2) is 3.70. The molecule has 1 heterocycles. The van der Waals surface area contributed by atoms with Gasteiger partial charge in [-0.1, -0.05) is 12.1 Å². The summed E-state index contributed by atoms with van der Waals surface area (Å²) in [6.07, 6.45) is 2.68. The van der Waals surface area contributed by atoms with Crippen LogP contribution in [0.1, 0.15) is 30.1 Å². The Hall–Kier alpha value is -1.16. The predicted molar refractivity (Wildman–Crippen MR) is 65.8 cm³/mol. The molecule has 1 aromatic carbocycles. The first-order chi connectivity index (χ1) is 7.75. The summed E-state index contributed by atoms with van der Waals surface area (Å²) in [6, 6.07) is 8.68. The van der Waals surface area contributed by atoms with Gasteiger partial charge in [0.15, 0.2) is 0 Å². The molecule has 0 radical (unpaired) electrons. The zero-order valence-corrected chi connectivity index (χ0v) is 10.6. The van der Waals surface area contributed by atoms with Gasteiger partial charge in [0.1, 0.15) is 5.82 Å². The van der Waals surface area contributed by atoms with Crippen LogP contribution in [-0.4, -0.2) is 14.8 Å². The number of hydrogen-bond acceptors (Lipinski definition) is 2. The van der Waals surface area contributed by atoms with Crippen molar-refractivity contribution >= 4 is 15.9 Å². The molecule has 3 nitrogen and oxygen atoms in total. The lowest BCUT2D eigenvalue weighted by atomic mass is 10.1. The van der Waals surface area contributed by atoms with Crippen LogP contribution in [0, 0.1) is 6.92 Å². The molecule has 0 spiro atoms. The highest BCUT2D eigenvalue weighted by atomic mass is 79.9. The molecule has 4 heteroatoms. The lowest BCUT2D eigenvalue weighted by Gasteiger charge is -2.06. The quantitative estimate of drug-likeness (QED) is 0.844. The summed E-state index contributed by atoms with van der Waals surface area (Å²) in [5, 5.41) is 8.02. The third-order valence-electron chi connectivity index (χ3n) is 2.99. The minimum atomic E-state index is 0.754. The van der Waals surface area contributed by atoms with Gasteiger partial charge in [-0.3, -0.25) is 4.57 Å². The molecule has 1 aliphatic carbocycles. The van der Waals surface area contributed by atoms with E-state index in [1.807, 2.05) is 11.5 Å². The molecule has 1 aromatic heterocycles. The van der Waals surface area contributed by atoms with Gasteiger partial charge in [-0.25, -0.2) is 0 Å². The number of aromatic nitrogens is 3. The first-order valence-corrected chi connectivity index (χ1v) is 6.23. The fourth-order valence-electron chi connectivity index (χ4n) is 1.94. The van der Waals surface area contributed by atoms with Crippen LogP contribution in [0.3, 0.4) is 0 Å². The van der Waals surface area contributed by atoms with Gasteiger partial charge in [0.05, 0.1) is 0 Å². The topological polar surface area (TPSA) is 30.7 Å². The Morgan fingerprint density at radius 2 is 1.88 bits per heavy atom. The van der Waals surface area contributed by atoms with Crippen molar-refractivity contribution in [3.63, 3.8) is 0 Å². The number of halogens is 1. The summed E-state index contributed by atoms with van der Waals surface area (Å²) in [5.41, 5.74) is 2.56. The van der Waals surface area contributed by atoms with Crippen LogP contribution in [0.15, 0.2) is 29.0 Å². The van der Waals surface area contributed by atoms with Crippen LogP contribution < -0.4 is 0 Å². The van der Waals surface area contributed by atoms with Crippen LogP contribution in [0.4, 0.5) is 0 Å². The van der Waals surface area contributed by atoms with E-state index in [1.165, 1.54) is 18.4 Å². The molecule has 0 atom stereocenters. The van der Waals surface area contributed by atoms with Crippen molar-refractivity contribution in [3.05, 3.63) is 40.4 Å². The lowest BCUT2D eigenvalue weighted by molar-refractivity contribution is 0.954. The van der Waals surface area contributed by atoms with Gasteiger partial charge in [0.2, 0.25) is 4.73 Å². The molecular weight excluding hydrogens is 266 g/mol. The number of rotatable bonds is 2. The van der Waals surface area contributed by atoms with Gasteiger partial charge < -0.3 is 0 Å². The fourth-order valence-corrected chi connectivity index (χ4v) is 2.48. The SMILES string of the molecule is Cc1nnc(Br)n1-c1ccc(C2CC2)cc1. The van der Waals surface area contributed by atoms with Crippen molar-refractivity contribution in [1.29, 1.82) is 0 Å². The van der Waals surface area contributed by atoms with E-state index in [4.69, 9.17) is 0 Å². The van der Waals surface area contributed by atoms with Crippen LogP contribution in [0.25, 0.3) is 5.69 Å². The van der Waals surface area contributed by atoms with Gasteiger partial charge in [-0.2, -0.15) is 0 Å². The minimum absolute atomic E-state index is 0.754. The standard InChI is InChI=1S/C12H12BrN3/c1-8-14-15-12(13)16(8)11-6-4-10(5-7-11)9-2-3-9/h4-7,9H,2-3H2,1H3. The van der Waals surface area contributed by atoms with Gasteiger partial charge >= 0.3 is 0 Å². The third-order valence-corrected chi connectivity index (χ3v) is 3.50. The first kappa shape index (κ1) is 10.0. The van der Waals surface area contributed by atoms with Crippen molar-refractivity contribution in [1.82, 2.24) is 14.8 Å². The number of nitrogens with zero attached hydrogens (tertiary/aromatic N) is 3. The van der Waals surface area contributed by atoms with Crippen molar-refractivity contribution in [2.75, 3.05) is 0 Å². The summed E-state index contributed by atoms with van der Waals surface area (Å²) in [7, 11) is 0. The van der Waals surface area contributed by atoms with Gasteiger partial charge in [0, 0.05) is 5.69 Å². The Kier molecular flexibility index (Phi) is 2.32. The van der Waals surface area contributed by atoms with Crippen molar-refractivity contribution in [2.45, 2.75) is 25.7 Å². The fraction of sp³-hybridized carbons (Fsp3) is 0.333. The van der Waals surface area contributed by atoms with E-state index >= 15 is 0 Å². The second-order valence-electron chi connectivity index (χ2n) is 4.22. The molecule has 1 saturated carbocycles. The molecule has 1 aliphatic rings. The smallest absolute Gasteiger partial charge is 0.204 e. The summed E-state index contributed by atoms with van der Waals surface area (Å²) < 4.78 is 2.75. The van der Waals surface area contributed by atoms with Gasteiger partial charge in [-0.05, 0) is 59.3 Å². The Morgan fingerprint density at radius 3 is 2.38 bits per heavy atom. The third kappa shape index (κ3) is 1.67. The van der Waals surface area contributed by atoms with E-state index in [0.717, 1.165) is 22.2 Å². The predicted octanol–water partition coefficient (Wildman–Crippen LogP) is 3.22. The summed E-state index contributed by atoms with van der Waals surface area (Å²) in [4.78, 5) is 0. The zero-order valence-electron chi connectivity index (χ0n) is 9.02. The molecule has 0 amide bonds. The van der Waals surface area contributed by atoms with E-state index in [1.54, 1.807) is 0 Å². The molecule has 82 valence electrons. The van der Waals surface area contributed by atoms with Gasteiger partial charge in [0.25, 0.3) is 0 Å². The van der Waals surface area contributed by atoms with E-state index < -0.39 is 0 Å². The van der Waals surface area contributed by atoms with Crippen LogP contribution in [0.5, 0.6) is 0 Å². The monoisotopic (exact) mass is 277 g/mol. The maximum absolute atomic E-state index is 4.03. The number of benzene rings is 1. The molecule has 3 rings (SSSR count). The molecule has 0 bridgehead atoms. The molecule has 0 aliphatic heterocycles. The number of aryl methyl sites for hydroxylation is 1. The van der Waals surface area contributed by atoms with E-state index in [-0.39, 0.29) is 0 Å². The normalized spacial score (nSPS) is 15.4. The molecule has 0 unspecified atom stereocenters.